The molecule has 0 aromatic heterocycles. The molecule has 26 heavy (non-hydrogen) atoms. The Hall–Kier alpha value is -2.66. The largest absolute Gasteiger partial charge is 0.325 e. The zero-order valence-corrected chi connectivity index (χ0v) is 15.3. The summed E-state index contributed by atoms with van der Waals surface area (Å²) < 4.78 is 0. The molecule has 0 spiro atoms. The maximum Gasteiger partial charge on any atom is 0.325 e. The predicted molar refractivity (Wildman–Crippen MR) is 103 cm³/mol. The molecule has 0 bridgehead atoms. The first-order valence-electron chi connectivity index (χ1n) is 9.00. The molecule has 5 heteroatoms. The van der Waals surface area contributed by atoms with Crippen molar-refractivity contribution >= 4 is 17.6 Å². The Kier molecular flexibility index (Phi) is 5.68. The van der Waals surface area contributed by atoms with Gasteiger partial charge in [0, 0.05) is 11.7 Å². The molecule has 1 atom stereocenters. The number of hydrogen-bond donors (Lipinski definition) is 2. The van der Waals surface area contributed by atoms with Gasteiger partial charge in [-0.05, 0) is 62.1 Å². The second kappa shape index (κ2) is 8.15. The summed E-state index contributed by atoms with van der Waals surface area (Å²) >= 11 is 0. The smallest absolute Gasteiger partial charge is 0.308 e. The van der Waals surface area contributed by atoms with Gasteiger partial charge in [0.1, 0.15) is 0 Å². The highest BCUT2D eigenvalue weighted by atomic mass is 16.2. The van der Waals surface area contributed by atoms with Crippen LogP contribution in [0.15, 0.2) is 48.5 Å². The fraction of sp³-hybridized carbons (Fsp3) is 0.333. The molecular weight excluding hydrogens is 326 g/mol. The van der Waals surface area contributed by atoms with E-state index in [9.17, 15) is 9.59 Å². The van der Waals surface area contributed by atoms with Gasteiger partial charge in [-0.25, -0.2) is 4.79 Å². The SMILES string of the molecule is Cc1ccc(NC(=O)NC(=O)CN2CCCC2c2ccccc2)cc1C. The first-order chi connectivity index (χ1) is 12.5. The lowest BCUT2D eigenvalue weighted by atomic mass is 10.0. The third-order valence-corrected chi connectivity index (χ3v) is 4.91. The zero-order valence-electron chi connectivity index (χ0n) is 15.3. The van der Waals surface area contributed by atoms with Crippen LogP contribution in [-0.4, -0.2) is 29.9 Å². The van der Waals surface area contributed by atoms with Gasteiger partial charge in [0.15, 0.2) is 0 Å². The molecule has 2 N–H and O–H groups in total. The van der Waals surface area contributed by atoms with E-state index in [4.69, 9.17) is 0 Å². The monoisotopic (exact) mass is 351 g/mol. The normalized spacial score (nSPS) is 17.1. The van der Waals surface area contributed by atoms with Gasteiger partial charge < -0.3 is 5.32 Å². The topological polar surface area (TPSA) is 61.4 Å². The first-order valence-corrected chi connectivity index (χ1v) is 9.00. The Balaban J connectivity index is 1.54. The number of carbonyl (C=O) groups excluding carboxylic acids is 2. The summed E-state index contributed by atoms with van der Waals surface area (Å²) in [5.41, 5.74) is 4.16. The molecule has 5 nitrogen and oxygen atoms in total. The molecule has 1 fully saturated rings. The summed E-state index contributed by atoms with van der Waals surface area (Å²) in [5.74, 6) is -0.283. The second-order valence-electron chi connectivity index (χ2n) is 6.84. The van der Waals surface area contributed by atoms with E-state index in [1.165, 1.54) is 5.56 Å². The quantitative estimate of drug-likeness (QED) is 0.881. The molecule has 1 heterocycles. The van der Waals surface area contributed by atoms with Crippen LogP contribution in [0.25, 0.3) is 0 Å². The summed E-state index contributed by atoms with van der Waals surface area (Å²) in [6, 6.07) is 15.6. The maximum absolute atomic E-state index is 12.3. The van der Waals surface area contributed by atoms with Crippen molar-refractivity contribution in [3.05, 3.63) is 65.2 Å². The number of rotatable bonds is 4. The third kappa shape index (κ3) is 4.49. The summed E-state index contributed by atoms with van der Waals surface area (Å²) in [6.07, 6.45) is 2.09. The number of imide groups is 1. The fourth-order valence-electron chi connectivity index (χ4n) is 3.40. The van der Waals surface area contributed by atoms with Crippen molar-refractivity contribution in [1.29, 1.82) is 0 Å². The highest BCUT2D eigenvalue weighted by Crippen LogP contribution is 2.31. The van der Waals surface area contributed by atoms with Gasteiger partial charge in [-0.15, -0.1) is 0 Å². The van der Waals surface area contributed by atoms with Gasteiger partial charge in [0.05, 0.1) is 6.54 Å². The molecule has 1 aliphatic heterocycles. The predicted octanol–water partition coefficient (Wildman–Crippen LogP) is 3.79. The van der Waals surface area contributed by atoms with E-state index in [0.717, 1.165) is 30.5 Å². The number of amides is 3. The van der Waals surface area contributed by atoms with Crippen molar-refractivity contribution in [3.8, 4) is 0 Å². The lowest BCUT2D eigenvalue weighted by Gasteiger charge is -2.24. The van der Waals surface area contributed by atoms with Crippen LogP contribution in [-0.2, 0) is 4.79 Å². The van der Waals surface area contributed by atoms with Crippen LogP contribution < -0.4 is 10.6 Å². The average molecular weight is 351 g/mol. The van der Waals surface area contributed by atoms with Crippen LogP contribution in [0.4, 0.5) is 10.5 Å². The number of urea groups is 1. The minimum absolute atomic E-state index is 0.222. The van der Waals surface area contributed by atoms with Crippen molar-refractivity contribution in [1.82, 2.24) is 10.2 Å². The van der Waals surface area contributed by atoms with Crippen LogP contribution in [0.1, 0.15) is 35.6 Å². The van der Waals surface area contributed by atoms with Crippen LogP contribution in [0, 0.1) is 13.8 Å². The lowest BCUT2D eigenvalue weighted by molar-refractivity contribution is -0.121. The zero-order chi connectivity index (χ0) is 18.5. The standard InChI is InChI=1S/C21H25N3O2/c1-15-10-11-18(13-16(15)2)22-21(26)23-20(25)14-24-12-6-9-19(24)17-7-4-3-5-8-17/h3-5,7-8,10-11,13,19H,6,9,12,14H2,1-2H3,(H2,22,23,25,26). The number of likely N-dealkylation sites (tertiary alicyclic amines) is 1. The Morgan fingerprint density at radius 1 is 1.08 bits per heavy atom. The number of carbonyl (C=O) groups is 2. The number of benzene rings is 2. The molecule has 1 aliphatic rings. The van der Waals surface area contributed by atoms with E-state index in [1.54, 1.807) is 0 Å². The molecule has 0 radical (unpaired) electrons. The number of anilines is 1. The number of nitrogens with one attached hydrogen (secondary N) is 2. The number of nitrogens with zero attached hydrogens (tertiary/aromatic N) is 1. The van der Waals surface area contributed by atoms with Crippen LogP contribution in [0.2, 0.25) is 0 Å². The molecule has 0 aliphatic carbocycles. The molecule has 3 rings (SSSR count). The third-order valence-electron chi connectivity index (χ3n) is 4.91. The molecule has 136 valence electrons. The van der Waals surface area contributed by atoms with E-state index in [1.807, 2.05) is 50.2 Å². The van der Waals surface area contributed by atoms with Gasteiger partial charge >= 0.3 is 6.03 Å². The van der Waals surface area contributed by atoms with Crippen molar-refractivity contribution in [2.24, 2.45) is 0 Å². The van der Waals surface area contributed by atoms with E-state index >= 15 is 0 Å². The minimum atomic E-state index is -0.492. The van der Waals surface area contributed by atoms with E-state index in [2.05, 4.69) is 27.7 Å². The van der Waals surface area contributed by atoms with Gasteiger partial charge in [-0.2, -0.15) is 0 Å². The highest BCUT2D eigenvalue weighted by Gasteiger charge is 2.27. The Morgan fingerprint density at radius 3 is 2.58 bits per heavy atom. The Bertz CT molecular complexity index is 789. The fourth-order valence-corrected chi connectivity index (χ4v) is 3.40. The van der Waals surface area contributed by atoms with Crippen molar-refractivity contribution in [2.45, 2.75) is 32.7 Å². The van der Waals surface area contributed by atoms with Gasteiger partial charge in [-0.3, -0.25) is 15.0 Å². The van der Waals surface area contributed by atoms with Crippen LogP contribution in [0.5, 0.6) is 0 Å². The van der Waals surface area contributed by atoms with Crippen LogP contribution in [0.3, 0.4) is 0 Å². The molecule has 2 aromatic rings. The maximum atomic E-state index is 12.3. The Labute approximate surface area is 154 Å². The van der Waals surface area contributed by atoms with Crippen molar-refractivity contribution in [3.63, 3.8) is 0 Å². The van der Waals surface area contributed by atoms with Crippen LogP contribution >= 0.6 is 0 Å². The summed E-state index contributed by atoms with van der Waals surface area (Å²) in [6.45, 7) is 5.09. The molecular formula is C21H25N3O2. The first kappa shape index (κ1) is 18.1. The van der Waals surface area contributed by atoms with E-state index in [0.29, 0.717) is 5.69 Å². The van der Waals surface area contributed by atoms with Crippen molar-refractivity contribution < 1.29 is 9.59 Å². The van der Waals surface area contributed by atoms with Gasteiger partial charge in [-0.1, -0.05) is 36.4 Å². The van der Waals surface area contributed by atoms with E-state index in [-0.39, 0.29) is 18.5 Å². The summed E-state index contributed by atoms with van der Waals surface area (Å²) in [7, 11) is 0. The van der Waals surface area contributed by atoms with E-state index < -0.39 is 6.03 Å². The molecule has 0 saturated carbocycles. The number of hydrogen-bond acceptors (Lipinski definition) is 3. The van der Waals surface area contributed by atoms with Crippen molar-refractivity contribution in [2.75, 3.05) is 18.4 Å². The number of aryl methyl sites for hydroxylation is 2. The Morgan fingerprint density at radius 2 is 1.85 bits per heavy atom. The minimum Gasteiger partial charge on any atom is -0.308 e. The molecule has 1 unspecified atom stereocenters. The lowest BCUT2D eigenvalue weighted by Crippen LogP contribution is -2.41. The highest BCUT2D eigenvalue weighted by molar-refractivity contribution is 6.01. The summed E-state index contributed by atoms with van der Waals surface area (Å²) in [5, 5.41) is 5.15. The molecule has 1 saturated heterocycles. The van der Waals surface area contributed by atoms with Gasteiger partial charge in [0.25, 0.3) is 0 Å². The molecule has 2 aromatic carbocycles. The second-order valence-corrected chi connectivity index (χ2v) is 6.84. The molecule has 3 amide bonds. The average Bonchev–Trinajstić information content (AvgIpc) is 3.06. The van der Waals surface area contributed by atoms with Gasteiger partial charge in [0.2, 0.25) is 5.91 Å². The summed E-state index contributed by atoms with van der Waals surface area (Å²) in [4.78, 5) is 26.5.